The summed E-state index contributed by atoms with van der Waals surface area (Å²) in [6.45, 7) is 1.86. The predicted octanol–water partition coefficient (Wildman–Crippen LogP) is 4.05. The van der Waals surface area contributed by atoms with Crippen LogP contribution in [0.1, 0.15) is 64.7 Å². The number of hydrogen-bond acceptors (Lipinski definition) is 4. The molecule has 1 saturated carbocycles. The van der Waals surface area contributed by atoms with E-state index in [1.807, 2.05) is 0 Å². The van der Waals surface area contributed by atoms with Gasteiger partial charge < -0.3 is 14.2 Å². The van der Waals surface area contributed by atoms with Crippen molar-refractivity contribution < 1.29 is 19.0 Å². The molecule has 0 aromatic heterocycles. The average Bonchev–Trinajstić information content (AvgIpc) is 2.86. The Labute approximate surface area is 138 Å². The third-order valence-electron chi connectivity index (χ3n) is 4.98. The highest BCUT2D eigenvalue weighted by Crippen LogP contribution is 2.43. The summed E-state index contributed by atoms with van der Waals surface area (Å²) in [7, 11) is 0. The van der Waals surface area contributed by atoms with Crippen molar-refractivity contribution in [3.63, 3.8) is 0 Å². The fraction of sp³-hybridized carbons (Fsp3) is 0.737. The smallest absolute Gasteiger partial charge is 0.302 e. The normalized spacial score (nSPS) is 29.5. The minimum absolute atomic E-state index is 0.0173. The number of carbonyl (C=O) groups is 1. The molecule has 0 aromatic rings. The van der Waals surface area contributed by atoms with E-state index >= 15 is 0 Å². The van der Waals surface area contributed by atoms with Gasteiger partial charge in [0.05, 0.1) is 18.8 Å². The molecule has 0 amide bonds. The summed E-state index contributed by atoms with van der Waals surface area (Å²) < 4.78 is 17.9. The van der Waals surface area contributed by atoms with Crippen molar-refractivity contribution in [3.05, 3.63) is 23.8 Å². The number of ether oxygens (including phenoxy) is 3. The zero-order valence-corrected chi connectivity index (χ0v) is 14.1. The quantitative estimate of drug-likeness (QED) is 0.717. The Kier molecular flexibility index (Phi) is 5.54. The van der Waals surface area contributed by atoms with Crippen LogP contribution in [0.5, 0.6) is 0 Å². The minimum atomic E-state index is -0.386. The Morgan fingerprint density at radius 2 is 2.00 bits per heavy atom. The van der Waals surface area contributed by atoms with E-state index in [0.717, 1.165) is 32.1 Å². The van der Waals surface area contributed by atoms with E-state index in [4.69, 9.17) is 14.2 Å². The van der Waals surface area contributed by atoms with E-state index in [-0.39, 0.29) is 24.0 Å². The lowest BCUT2D eigenvalue weighted by molar-refractivity contribution is -0.194. The van der Waals surface area contributed by atoms with Crippen molar-refractivity contribution in [2.24, 2.45) is 0 Å². The molecule has 0 N–H and O–H groups in total. The van der Waals surface area contributed by atoms with Crippen molar-refractivity contribution in [1.82, 2.24) is 0 Å². The molecule has 3 rings (SSSR count). The van der Waals surface area contributed by atoms with Crippen LogP contribution in [-0.2, 0) is 19.0 Å². The highest BCUT2D eigenvalue weighted by Gasteiger charge is 2.47. The van der Waals surface area contributed by atoms with Crippen LogP contribution in [0.2, 0.25) is 0 Å². The molecule has 2 atom stereocenters. The van der Waals surface area contributed by atoms with Crippen molar-refractivity contribution in [2.45, 2.75) is 82.7 Å². The second-order valence-corrected chi connectivity index (χ2v) is 6.88. The number of hydrogen-bond donors (Lipinski definition) is 0. The van der Waals surface area contributed by atoms with Crippen LogP contribution in [0.4, 0.5) is 0 Å². The Morgan fingerprint density at radius 1 is 1.22 bits per heavy atom. The van der Waals surface area contributed by atoms with Crippen LogP contribution in [0.15, 0.2) is 23.8 Å². The molecule has 2 aliphatic carbocycles. The third-order valence-corrected chi connectivity index (χ3v) is 4.98. The molecule has 4 nitrogen and oxygen atoms in total. The molecule has 1 aliphatic heterocycles. The van der Waals surface area contributed by atoms with Gasteiger partial charge in [0.15, 0.2) is 5.79 Å². The van der Waals surface area contributed by atoms with E-state index in [1.165, 1.54) is 31.8 Å². The first-order chi connectivity index (χ1) is 11.2. The van der Waals surface area contributed by atoms with Crippen LogP contribution in [-0.4, -0.2) is 30.6 Å². The predicted molar refractivity (Wildman–Crippen MR) is 87.9 cm³/mol. The highest BCUT2D eigenvalue weighted by atomic mass is 16.8. The Hall–Kier alpha value is -1.13. The van der Waals surface area contributed by atoms with Crippen molar-refractivity contribution in [2.75, 3.05) is 6.61 Å². The van der Waals surface area contributed by atoms with Crippen LogP contribution < -0.4 is 0 Å². The van der Waals surface area contributed by atoms with Gasteiger partial charge in [-0.1, -0.05) is 24.6 Å². The highest BCUT2D eigenvalue weighted by molar-refractivity contribution is 5.65. The van der Waals surface area contributed by atoms with Gasteiger partial charge in [-0.2, -0.15) is 0 Å². The lowest BCUT2D eigenvalue weighted by Crippen LogP contribution is -2.33. The van der Waals surface area contributed by atoms with Crippen LogP contribution in [0.3, 0.4) is 0 Å². The lowest BCUT2D eigenvalue weighted by atomic mass is 9.94. The topological polar surface area (TPSA) is 44.8 Å². The van der Waals surface area contributed by atoms with E-state index in [9.17, 15) is 4.79 Å². The fourth-order valence-corrected chi connectivity index (χ4v) is 3.85. The monoisotopic (exact) mass is 320 g/mol. The van der Waals surface area contributed by atoms with Crippen LogP contribution >= 0.6 is 0 Å². The summed E-state index contributed by atoms with van der Waals surface area (Å²) in [5.74, 6) is -0.617. The summed E-state index contributed by atoms with van der Waals surface area (Å²) >= 11 is 0. The van der Waals surface area contributed by atoms with Crippen molar-refractivity contribution in [1.29, 1.82) is 0 Å². The Balaban J connectivity index is 1.63. The number of allylic oxidation sites excluding steroid dienone is 3. The molecule has 1 spiro atoms. The second-order valence-electron chi connectivity index (χ2n) is 6.88. The molecule has 128 valence electrons. The van der Waals surface area contributed by atoms with Crippen molar-refractivity contribution in [3.8, 4) is 0 Å². The maximum Gasteiger partial charge on any atom is 0.302 e. The average molecular weight is 320 g/mol. The summed E-state index contributed by atoms with van der Waals surface area (Å²) in [6.07, 6.45) is 16.3. The van der Waals surface area contributed by atoms with Gasteiger partial charge >= 0.3 is 5.97 Å². The molecule has 2 fully saturated rings. The molecule has 0 bridgehead atoms. The summed E-state index contributed by atoms with van der Waals surface area (Å²) in [4.78, 5) is 11.0. The van der Waals surface area contributed by atoms with Gasteiger partial charge in [-0.15, -0.1) is 0 Å². The van der Waals surface area contributed by atoms with Gasteiger partial charge in [0, 0.05) is 32.6 Å². The maximum atomic E-state index is 11.0. The molecule has 3 aliphatic rings. The zero-order valence-electron chi connectivity index (χ0n) is 14.1. The SMILES string of the molecule is CC(=O)OCCC1OC2(CCCCC2)OC1CC1=CCCC=C1. The van der Waals surface area contributed by atoms with Gasteiger partial charge in [-0.05, 0) is 31.3 Å². The maximum absolute atomic E-state index is 11.0. The first-order valence-corrected chi connectivity index (χ1v) is 9.01. The molecule has 0 aromatic carbocycles. The van der Waals surface area contributed by atoms with E-state index in [0.29, 0.717) is 13.0 Å². The molecular formula is C19H28O4. The Morgan fingerprint density at radius 3 is 2.70 bits per heavy atom. The molecule has 1 heterocycles. The lowest BCUT2D eigenvalue weighted by Gasteiger charge is -2.32. The van der Waals surface area contributed by atoms with Gasteiger partial charge in [-0.25, -0.2) is 0 Å². The van der Waals surface area contributed by atoms with E-state index in [2.05, 4.69) is 18.2 Å². The number of esters is 1. The molecule has 4 heteroatoms. The van der Waals surface area contributed by atoms with E-state index < -0.39 is 0 Å². The van der Waals surface area contributed by atoms with Gasteiger partial charge in [-0.3, -0.25) is 4.79 Å². The van der Waals surface area contributed by atoms with Gasteiger partial charge in [0.25, 0.3) is 0 Å². The second kappa shape index (κ2) is 7.63. The van der Waals surface area contributed by atoms with Crippen molar-refractivity contribution >= 4 is 5.97 Å². The third kappa shape index (κ3) is 4.45. The van der Waals surface area contributed by atoms with Crippen LogP contribution in [0.25, 0.3) is 0 Å². The Bertz CT molecular complexity index is 474. The number of rotatable bonds is 5. The summed E-state index contributed by atoms with van der Waals surface area (Å²) in [5.41, 5.74) is 1.34. The van der Waals surface area contributed by atoms with E-state index in [1.54, 1.807) is 0 Å². The summed E-state index contributed by atoms with van der Waals surface area (Å²) in [6, 6.07) is 0. The molecular weight excluding hydrogens is 292 g/mol. The molecule has 1 saturated heterocycles. The standard InChI is InChI=1S/C19H28O4/c1-15(20)21-13-10-17-18(14-16-8-4-2-5-9-16)23-19(22-17)11-6-3-7-12-19/h4,8-9,17-18H,2-3,5-7,10-14H2,1H3. The summed E-state index contributed by atoms with van der Waals surface area (Å²) in [5, 5.41) is 0. The number of carbonyl (C=O) groups excluding carboxylic acids is 1. The van der Waals surface area contributed by atoms with Crippen LogP contribution in [0, 0.1) is 0 Å². The molecule has 0 radical (unpaired) electrons. The molecule has 2 unspecified atom stereocenters. The fourth-order valence-electron chi connectivity index (χ4n) is 3.85. The van der Waals surface area contributed by atoms with Gasteiger partial charge in [0.2, 0.25) is 0 Å². The first-order valence-electron chi connectivity index (χ1n) is 9.01. The van der Waals surface area contributed by atoms with Gasteiger partial charge in [0.1, 0.15) is 0 Å². The largest absolute Gasteiger partial charge is 0.466 e. The first kappa shape index (κ1) is 16.7. The minimum Gasteiger partial charge on any atom is -0.466 e. The molecule has 23 heavy (non-hydrogen) atoms. The zero-order chi connectivity index (χ0) is 16.1.